The Bertz CT molecular complexity index is 866. The van der Waals surface area contributed by atoms with E-state index in [1.807, 2.05) is 36.9 Å². The normalized spacial score (nSPS) is 12.0. The van der Waals surface area contributed by atoms with Crippen LogP contribution in [0.25, 0.3) is 0 Å². The Morgan fingerprint density at radius 2 is 1.85 bits per heavy atom. The standard InChI is InChI=1S/C20H27N3O2S2/c1-16-14-17(10-11-19(16)27(3,24)25)15-23-20(21-2)22-12-7-13-26-18-8-5-4-6-9-18/h4-6,8-11,14H,7,12-13,15H2,1-3H3,(H2,21,22,23). The average Bonchev–Trinajstić information content (AvgIpc) is 2.64. The van der Waals surface area contributed by atoms with Crippen molar-refractivity contribution in [2.45, 2.75) is 29.7 Å². The van der Waals surface area contributed by atoms with Gasteiger partial charge in [-0.05, 0) is 48.4 Å². The molecule has 27 heavy (non-hydrogen) atoms. The number of benzene rings is 2. The summed E-state index contributed by atoms with van der Waals surface area (Å²) in [6.45, 7) is 3.24. The van der Waals surface area contributed by atoms with Crippen molar-refractivity contribution in [3.63, 3.8) is 0 Å². The molecule has 2 aromatic carbocycles. The number of hydrogen-bond donors (Lipinski definition) is 2. The minimum absolute atomic E-state index is 0.379. The monoisotopic (exact) mass is 405 g/mol. The van der Waals surface area contributed by atoms with Crippen LogP contribution >= 0.6 is 11.8 Å². The Labute approximate surface area is 166 Å². The van der Waals surface area contributed by atoms with Crippen LogP contribution < -0.4 is 10.6 Å². The lowest BCUT2D eigenvalue weighted by molar-refractivity contribution is 0.601. The van der Waals surface area contributed by atoms with Gasteiger partial charge >= 0.3 is 0 Å². The third-order valence-electron chi connectivity index (χ3n) is 3.95. The zero-order valence-electron chi connectivity index (χ0n) is 16.0. The van der Waals surface area contributed by atoms with E-state index in [1.165, 1.54) is 11.2 Å². The van der Waals surface area contributed by atoms with Crippen molar-refractivity contribution in [2.24, 2.45) is 4.99 Å². The summed E-state index contributed by atoms with van der Waals surface area (Å²) in [6, 6.07) is 15.8. The van der Waals surface area contributed by atoms with Crippen LogP contribution in [0.15, 0.2) is 63.3 Å². The van der Waals surface area contributed by atoms with E-state index in [0.29, 0.717) is 11.4 Å². The Balaban J connectivity index is 1.74. The lowest BCUT2D eigenvalue weighted by atomic mass is 10.1. The highest BCUT2D eigenvalue weighted by Gasteiger charge is 2.10. The van der Waals surface area contributed by atoms with Gasteiger partial charge in [0.15, 0.2) is 15.8 Å². The number of nitrogens with zero attached hydrogens (tertiary/aromatic N) is 1. The molecule has 0 spiro atoms. The average molecular weight is 406 g/mol. The molecule has 0 fully saturated rings. The molecule has 7 heteroatoms. The number of aliphatic imine (C=N–C) groups is 1. The van der Waals surface area contributed by atoms with E-state index >= 15 is 0 Å². The Morgan fingerprint density at radius 1 is 1.11 bits per heavy atom. The molecular weight excluding hydrogens is 378 g/mol. The molecule has 0 saturated carbocycles. The highest BCUT2D eigenvalue weighted by molar-refractivity contribution is 7.99. The molecule has 0 bridgehead atoms. The van der Waals surface area contributed by atoms with E-state index in [1.54, 1.807) is 13.1 Å². The molecule has 0 radical (unpaired) electrons. The van der Waals surface area contributed by atoms with Crippen LogP contribution in [0.4, 0.5) is 0 Å². The van der Waals surface area contributed by atoms with Crippen molar-refractivity contribution >= 4 is 27.6 Å². The molecule has 2 aromatic rings. The predicted molar refractivity (Wildman–Crippen MR) is 114 cm³/mol. The fourth-order valence-electron chi connectivity index (χ4n) is 2.63. The molecule has 0 aliphatic heterocycles. The van der Waals surface area contributed by atoms with Gasteiger partial charge in [0, 0.05) is 31.3 Å². The van der Waals surface area contributed by atoms with E-state index in [-0.39, 0.29) is 0 Å². The number of sulfone groups is 1. The zero-order chi connectivity index (χ0) is 19.7. The minimum atomic E-state index is -3.18. The van der Waals surface area contributed by atoms with Gasteiger partial charge in [-0.1, -0.05) is 30.3 Å². The third-order valence-corrected chi connectivity index (χ3v) is 6.30. The molecule has 0 aliphatic rings. The van der Waals surface area contributed by atoms with E-state index in [9.17, 15) is 8.42 Å². The first-order chi connectivity index (χ1) is 12.9. The van der Waals surface area contributed by atoms with Crippen LogP contribution in [0, 0.1) is 6.92 Å². The van der Waals surface area contributed by atoms with E-state index < -0.39 is 9.84 Å². The van der Waals surface area contributed by atoms with Gasteiger partial charge in [-0.15, -0.1) is 11.8 Å². The summed E-state index contributed by atoms with van der Waals surface area (Å²) in [6.07, 6.45) is 2.26. The fraction of sp³-hybridized carbons (Fsp3) is 0.350. The van der Waals surface area contributed by atoms with Gasteiger partial charge in [-0.25, -0.2) is 8.42 Å². The Kier molecular flexibility index (Phi) is 8.19. The van der Waals surface area contributed by atoms with Crippen LogP contribution in [0.1, 0.15) is 17.5 Å². The molecule has 0 amide bonds. The Morgan fingerprint density at radius 3 is 2.48 bits per heavy atom. The number of guanidine groups is 1. The molecule has 0 heterocycles. The van der Waals surface area contributed by atoms with Gasteiger partial charge in [-0.3, -0.25) is 4.99 Å². The van der Waals surface area contributed by atoms with Crippen LogP contribution in [0.5, 0.6) is 0 Å². The number of nitrogens with one attached hydrogen (secondary N) is 2. The first-order valence-electron chi connectivity index (χ1n) is 8.82. The van der Waals surface area contributed by atoms with Gasteiger partial charge in [0.1, 0.15) is 0 Å². The SMILES string of the molecule is CN=C(NCCCSc1ccccc1)NCc1ccc(S(C)(=O)=O)c(C)c1. The van der Waals surface area contributed by atoms with Gasteiger partial charge in [-0.2, -0.15) is 0 Å². The predicted octanol–water partition coefficient (Wildman–Crippen LogP) is 3.25. The molecule has 0 aromatic heterocycles. The van der Waals surface area contributed by atoms with E-state index in [2.05, 4.69) is 39.9 Å². The quantitative estimate of drug-likeness (QED) is 0.305. The molecule has 0 atom stereocenters. The fourth-order valence-corrected chi connectivity index (χ4v) is 4.46. The maximum Gasteiger partial charge on any atom is 0.191 e. The molecule has 0 saturated heterocycles. The minimum Gasteiger partial charge on any atom is -0.356 e. The summed E-state index contributed by atoms with van der Waals surface area (Å²) >= 11 is 1.85. The van der Waals surface area contributed by atoms with Crippen LogP contribution in [-0.4, -0.2) is 40.0 Å². The third kappa shape index (κ3) is 7.27. The second-order valence-corrected chi connectivity index (χ2v) is 9.39. The topological polar surface area (TPSA) is 70.6 Å². The van der Waals surface area contributed by atoms with Crippen LogP contribution in [0.3, 0.4) is 0 Å². The van der Waals surface area contributed by atoms with Crippen molar-refractivity contribution in [1.82, 2.24) is 10.6 Å². The number of thioether (sulfide) groups is 1. The number of aryl methyl sites for hydroxylation is 1. The van der Waals surface area contributed by atoms with Crippen molar-refractivity contribution in [1.29, 1.82) is 0 Å². The molecule has 2 N–H and O–H groups in total. The number of rotatable bonds is 8. The summed E-state index contributed by atoms with van der Waals surface area (Å²) in [7, 11) is -1.44. The smallest absolute Gasteiger partial charge is 0.191 e. The molecular formula is C20H27N3O2S2. The second-order valence-electron chi connectivity index (χ2n) is 6.24. The van der Waals surface area contributed by atoms with Crippen molar-refractivity contribution in [2.75, 3.05) is 25.6 Å². The summed E-state index contributed by atoms with van der Waals surface area (Å²) in [5, 5.41) is 6.57. The van der Waals surface area contributed by atoms with Crippen molar-refractivity contribution in [3.8, 4) is 0 Å². The lowest BCUT2D eigenvalue weighted by Gasteiger charge is -2.13. The molecule has 0 unspecified atom stereocenters. The molecule has 146 valence electrons. The first-order valence-corrected chi connectivity index (χ1v) is 11.7. The van der Waals surface area contributed by atoms with Crippen LogP contribution in [0.2, 0.25) is 0 Å². The maximum absolute atomic E-state index is 11.7. The summed E-state index contributed by atoms with van der Waals surface area (Å²) < 4.78 is 23.4. The molecule has 5 nitrogen and oxygen atoms in total. The Hall–Kier alpha value is -1.99. The van der Waals surface area contributed by atoms with E-state index in [0.717, 1.165) is 35.8 Å². The molecule has 2 rings (SSSR count). The summed E-state index contributed by atoms with van der Waals surface area (Å²) in [5.74, 6) is 1.78. The largest absolute Gasteiger partial charge is 0.356 e. The van der Waals surface area contributed by atoms with E-state index in [4.69, 9.17) is 0 Å². The van der Waals surface area contributed by atoms with Crippen molar-refractivity contribution in [3.05, 3.63) is 59.7 Å². The van der Waals surface area contributed by atoms with Crippen molar-refractivity contribution < 1.29 is 8.42 Å². The summed E-state index contributed by atoms with van der Waals surface area (Å²) in [5.41, 5.74) is 1.78. The molecule has 0 aliphatic carbocycles. The highest BCUT2D eigenvalue weighted by Crippen LogP contribution is 2.17. The highest BCUT2D eigenvalue weighted by atomic mass is 32.2. The van der Waals surface area contributed by atoms with Gasteiger partial charge in [0.2, 0.25) is 0 Å². The second kappa shape index (κ2) is 10.4. The summed E-state index contributed by atoms with van der Waals surface area (Å²) in [4.78, 5) is 5.89. The van der Waals surface area contributed by atoms with Gasteiger partial charge < -0.3 is 10.6 Å². The maximum atomic E-state index is 11.7. The lowest BCUT2D eigenvalue weighted by Crippen LogP contribution is -2.37. The first kappa shape index (κ1) is 21.3. The van der Waals surface area contributed by atoms with Gasteiger partial charge in [0.25, 0.3) is 0 Å². The number of hydrogen-bond acceptors (Lipinski definition) is 4. The zero-order valence-corrected chi connectivity index (χ0v) is 17.7. The van der Waals surface area contributed by atoms with Gasteiger partial charge in [0.05, 0.1) is 4.90 Å². The van der Waals surface area contributed by atoms with Crippen LogP contribution in [-0.2, 0) is 16.4 Å².